The summed E-state index contributed by atoms with van der Waals surface area (Å²) in [7, 11) is 1.80. The Morgan fingerprint density at radius 2 is 2.18 bits per heavy atom. The van der Waals surface area contributed by atoms with Crippen molar-refractivity contribution in [3.63, 3.8) is 0 Å². The lowest BCUT2D eigenvalue weighted by Gasteiger charge is -2.02. The van der Waals surface area contributed by atoms with Crippen molar-refractivity contribution in [2.24, 2.45) is 18.5 Å². The van der Waals surface area contributed by atoms with Crippen LogP contribution in [0.4, 0.5) is 4.79 Å². The standard InChI is InChI=1S/C8H14N6O2S/c1-14-5(4-9)12-13-8(14)17-3-2-6(15)11-7(10)16/h2-4,9H2,1H3,(H3,10,11,15,16). The molecule has 0 aliphatic heterocycles. The molecule has 8 nitrogen and oxygen atoms in total. The van der Waals surface area contributed by atoms with Gasteiger partial charge in [0.25, 0.3) is 0 Å². The molecule has 0 aliphatic rings. The van der Waals surface area contributed by atoms with Gasteiger partial charge >= 0.3 is 6.03 Å². The summed E-state index contributed by atoms with van der Waals surface area (Å²) in [6.45, 7) is 0.312. The van der Waals surface area contributed by atoms with E-state index < -0.39 is 11.9 Å². The molecule has 0 saturated carbocycles. The number of hydrogen-bond acceptors (Lipinski definition) is 6. The van der Waals surface area contributed by atoms with Gasteiger partial charge in [-0.3, -0.25) is 10.1 Å². The van der Waals surface area contributed by atoms with E-state index in [-0.39, 0.29) is 6.42 Å². The number of carbonyl (C=O) groups excluding carboxylic acids is 2. The molecule has 1 rings (SSSR count). The molecule has 0 fully saturated rings. The van der Waals surface area contributed by atoms with Gasteiger partial charge in [0, 0.05) is 19.2 Å². The summed E-state index contributed by atoms with van der Waals surface area (Å²) in [5.74, 6) is 0.746. The van der Waals surface area contributed by atoms with Crippen molar-refractivity contribution in [3.8, 4) is 0 Å². The summed E-state index contributed by atoms with van der Waals surface area (Å²) >= 11 is 1.36. The van der Waals surface area contributed by atoms with Gasteiger partial charge in [-0.05, 0) is 0 Å². The molecule has 9 heteroatoms. The highest BCUT2D eigenvalue weighted by atomic mass is 32.2. The highest BCUT2D eigenvalue weighted by molar-refractivity contribution is 7.99. The number of nitrogens with one attached hydrogen (secondary N) is 1. The number of nitrogens with two attached hydrogens (primary N) is 2. The van der Waals surface area contributed by atoms with Crippen LogP contribution in [0.1, 0.15) is 12.2 Å². The first-order chi connectivity index (χ1) is 8.04. The zero-order valence-electron chi connectivity index (χ0n) is 9.34. The number of thioether (sulfide) groups is 1. The van der Waals surface area contributed by atoms with Crippen LogP contribution in [0.2, 0.25) is 0 Å². The molecule has 0 unspecified atom stereocenters. The summed E-state index contributed by atoms with van der Waals surface area (Å²) in [4.78, 5) is 21.5. The van der Waals surface area contributed by atoms with E-state index in [1.165, 1.54) is 11.8 Å². The van der Waals surface area contributed by atoms with E-state index in [1.54, 1.807) is 11.6 Å². The topological polar surface area (TPSA) is 129 Å². The van der Waals surface area contributed by atoms with Gasteiger partial charge in [-0.15, -0.1) is 10.2 Å². The van der Waals surface area contributed by atoms with E-state index in [0.29, 0.717) is 23.3 Å². The SMILES string of the molecule is Cn1c(CN)nnc1SCCC(=O)NC(N)=O. The first-order valence-electron chi connectivity index (χ1n) is 4.85. The highest BCUT2D eigenvalue weighted by Gasteiger charge is 2.09. The zero-order chi connectivity index (χ0) is 12.8. The lowest BCUT2D eigenvalue weighted by atomic mass is 10.4. The van der Waals surface area contributed by atoms with Crippen LogP contribution in [0, 0.1) is 0 Å². The van der Waals surface area contributed by atoms with Crippen molar-refractivity contribution >= 4 is 23.7 Å². The van der Waals surface area contributed by atoms with Crippen LogP contribution in [-0.2, 0) is 18.4 Å². The maximum absolute atomic E-state index is 11.1. The summed E-state index contributed by atoms with van der Waals surface area (Å²) in [6, 6.07) is -0.843. The van der Waals surface area contributed by atoms with Crippen molar-refractivity contribution in [1.29, 1.82) is 0 Å². The van der Waals surface area contributed by atoms with E-state index in [2.05, 4.69) is 10.2 Å². The predicted octanol–water partition coefficient (Wildman–Crippen LogP) is -1.05. The lowest BCUT2D eigenvalue weighted by Crippen LogP contribution is -2.35. The summed E-state index contributed by atoms with van der Waals surface area (Å²) < 4.78 is 1.76. The molecule has 0 radical (unpaired) electrons. The number of primary amides is 1. The molecule has 5 N–H and O–H groups in total. The van der Waals surface area contributed by atoms with Crippen LogP contribution in [0.15, 0.2) is 5.16 Å². The molecule has 0 bridgehead atoms. The van der Waals surface area contributed by atoms with Crippen LogP contribution >= 0.6 is 11.8 Å². The second-order valence-corrected chi connectivity index (χ2v) is 4.23. The number of hydrogen-bond donors (Lipinski definition) is 3. The number of amides is 3. The van der Waals surface area contributed by atoms with Gasteiger partial charge < -0.3 is 16.0 Å². The van der Waals surface area contributed by atoms with Gasteiger partial charge in [-0.2, -0.15) is 0 Å². The van der Waals surface area contributed by atoms with Crippen LogP contribution in [-0.4, -0.2) is 32.5 Å². The van der Waals surface area contributed by atoms with E-state index in [0.717, 1.165) is 0 Å². The number of nitrogens with zero attached hydrogens (tertiary/aromatic N) is 3. The fourth-order valence-electron chi connectivity index (χ4n) is 1.08. The molecule has 0 aromatic carbocycles. The molecule has 0 atom stereocenters. The maximum atomic E-state index is 11.1. The molecule has 1 aromatic heterocycles. The van der Waals surface area contributed by atoms with Crippen LogP contribution in [0.25, 0.3) is 0 Å². The third kappa shape index (κ3) is 4.04. The molecule has 0 saturated heterocycles. The third-order valence-corrected chi connectivity index (χ3v) is 2.95. The van der Waals surface area contributed by atoms with Crippen molar-refractivity contribution in [1.82, 2.24) is 20.1 Å². The number of urea groups is 1. The maximum Gasteiger partial charge on any atom is 0.318 e. The monoisotopic (exact) mass is 258 g/mol. The Morgan fingerprint density at radius 1 is 1.47 bits per heavy atom. The van der Waals surface area contributed by atoms with Gasteiger partial charge in [0.2, 0.25) is 5.91 Å². The molecule has 3 amide bonds. The third-order valence-electron chi connectivity index (χ3n) is 1.93. The Bertz CT molecular complexity index is 418. The number of imide groups is 1. The summed E-state index contributed by atoms with van der Waals surface area (Å²) in [5.41, 5.74) is 10.3. The predicted molar refractivity (Wildman–Crippen MR) is 62.0 cm³/mol. The highest BCUT2D eigenvalue weighted by Crippen LogP contribution is 2.16. The minimum Gasteiger partial charge on any atom is -0.351 e. The van der Waals surface area contributed by atoms with Crippen molar-refractivity contribution in [3.05, 3.63) is 5.82 Å². The Hall–Kier alpha value is -1.61. The smallest absolute Gasteiger partial charge is 0.318 e. The number of carbonyl (C=O) groups is 2. The second-order valence-electron chi connectivity index (χ2n) is 3.17. The summed E-state index contributed by atoms with van der Waals surface area (Å²) in [6.07, 6.45) is 0.179. The number of aromatic nitrogens is 3. The van der Waals surface area contributed by atoms with Crippen LogP contribution in [0.5, 0.6) is 0 Å². The van der Waals surface area contributed by atoms with E-state index in [9.17, 15) is 9.59 Å². The van der Waals surface area contributed by atoms with Gasteiger partial charge in [0.05, 0.1) is 6.54 Å². The molecular formula is C8H14N6O2S. The fourth-order valence-corrected chi connectivity index (χ4v) is 1.95. The first kappa shape index (κ1) is 13.5. The Balaban J connectivity index is 2.38. The zero-order valence-corrected chi connectivity index (χ0v) is 10.2. The molecule has 94 valence electrons. The normalized spacial score (nSPS) is 10.2. The van der Waals surface area contributed by atoms with Crippen molar-refractivity contribution in [2.45, 2.75) is 18.1 Å². The molecule has 0 aliphatic carbocycles. The van der Waals surface area contributed by atoms with Crippen molar-refractivity contribution in [2.75, 3.05) is 5.75 Å². The van der Waals surface area contributed by atoms with E-state index >= 15 is 0 Å². The lowest BCUT2D eigenvalue weighted by molar-refractivity contribution is -0.119. The minimum absolute atomic E-state index is 0.179. The molecule has 1 aromatic rings. The van der Waals surface area contributed by atoms with E-state index in [1.807, 2.05) is 5.32 Å². The molecule has 17 heavy (non-hydrogen) atoms. The average molecular weight is 258 g/mol. The Labute approximate surface area is 102 Å². The molecule has 1 heterocycles. The summed E-state index contributed by atoms with van der Waals surface area (Å²) in [5, 5.41) is 10.5. The number of rotatable bonds is 5. The minimum atomic E-state index is -0.843. The van der Waals surface area contributed by atoms with Gasteiger partial charge in [-0.25, -0.2) is 4.79 Å². The Kier molecular flexibility index (Phi) is 4.91. The van der Waals surface area contributed by atoms with E-state index in [4.69, 9.17) is 11.5 Å². The van der Waals surface area contributed by atoms with Crippen molar-refractivity contribution < 1.29 is 9.59 Å². The van der Waals surface area contributed by atoms with Gasteiger partial charge in [0.1, 0.15) is 5.82 Å². The Morgan fingerprint density at radius 3 is 2.71 bits per heavy atom. The quantitative estimate of drug-likeness (QED) is 0.578. The first-order valence-corrected chi connectivity index (χ1v) is 5.83. The van der Waals surface area contributed by atoms with Crippen LogP contribution < -0.4 is 16.8 Å². The average Bonchev–Trinajstić information content (AvgIpc) is 2.59. The van der Waals surface area contributed by atoms with Gasteiger partial charge in [-0.1, -0.05) is 11.8 Å². The fraction of sp³-hybridized carbons (Fsp3) is 0.500. The second kappa shape index (κ2) is 6.21. The van der Waals surface area contributed by atoms with Crippen LogP contribution in [0.3, 0.4) is 0 Å². The molecule has 0 spiro atoms. The van der Waals surface area contributed by atoms with Gasteiger partial charge in [0.15, 0.2) is 5.16 Å². The molecular weight excluding hydrogens is 244 g/mol. The largest absolute Gasteiger partial charge is 0.351 e.